The van der Waals surface area contributed by atoms with Crippen LogP contribution in [0.15, 0.2) is 12.2 Å². The van der Waals surface area contributed by atoms with Crippen molar-refractivity contribution in [3.05, 3.63) is 12.2 Å². The third kappa shape index (κ3) is 5.90. The van der Waals surface area contributed by atoms with Gasteiger partial charge < -0.3 is 0 Å². The Morgan fingerprint density at radius 3 is 2.31 bits per heavy atom. The number of unbranched alkanes of at least 4 members (excludes halogenated alkanes) is 1. The van der Waals surface area contributed by atoms with Gasteiger partial charge >= 0.3 is 0 Å². The second-order valence-corrected chi connectivity index (χ2v) is 4.45. The molecule has 0 aliphatic carbocycles. The van der Waals surface area contributed by atoms with Crippen LogP contribution in [0.1, 0.15) is 59.8 Å². The lowest BCUT2D eigenvalue weighted by atomic mass is 9.84. The Labute approximate surface area is 84.4 Å². The number of hydrogen-bond acceptors (Lipinski definition) is 0. The van der Waals surface area contributed by atoms with Gasteiger partial charge in [-0.2, -0.15) is 0 Å². The van der Waals surface area contributed by atoms with Gasteiger partial charge in [-0.1, -0.05) is 52.0 Å². The lowest BCUT2D eigenvalue weighted by Gasteiger charge is -2.22. The second-order valence-electron chi connectivity index (χ2n) is 4.45. The van der Waals surface area contributed by atoms with Crippen molar-refractivity contribution >= 4 is 0 Å². The zero-order valence-electron chi connectivity index (χ0n) is 9.90. The highest BCUT2D eigenvalue weighted by Crippen LogP contribution is 2.26. The molecule has 0 aromatic heterocycles. The summed E-state index contributed by atoms with van der Waals surface area (Å²) >= 11 is 0. The van der Waals surface area contributed by atoms with Gasteiger partial charge in [0.1, 0.15) is 0 Å². The topological polar surface area (TPSA) is 0 Å². The lowest BCUT2D eigenvalue weighted by molar-refractivity contribution is 0.316. The first-order valence-electron chi connectivity index (χ1n) is 5.76. The molecule has 0 saturated carbocycles. The predicted molar refractivity (Wildman–Crippen MR) is 61.9 cm³/mol. The van der Waals surface area contributed by atoms with Gasteiger partial charge in [0.05, 0.1) is 0 Å². The molecule has 0 aliphatic rings. The van der Waals surface area contributed by atoms with Crippen molar-refractivity contribution in [3.63, 3.8) is 0 Å². The highest BCUT2D eigenvalue weighted by Gasteiger charge is 2.14. The van der Waals surface area contributed by atoms with Crippen molar-refractivity contribution in [3.8, 4) is 0 Å². The highest BCUT2D eigenvalue weighted by atomic mass is 14.2. The molecule has 0 N–H and O–H groups in total. The van der Waals surface area contributed by atoms with E-state index in [1.807, 2.05) is 0 Å². The first-order valence-corrected chi connectivity index (χ1v) is 5.76. The Morgan fingerprint density at radius 2 is 1.92 bits per heavy atom. The van der Waals surface area contributed by atoms with Gasteiger partial charge in [0, 0.05) is 0 Å². The average Bonchev–Trinajstić information content (AvgIpc) is 2.04. The van der Waals surface area contributed by atoms with Crippen LogP contribution in [0.25, 0.3) is 0 Å². The van der Waals surface area contributed by atoms with Crippen LogP contribution in [-0.2, 0) is 0 Å². The summed E-state index contributed by atoms with van der Waals surface area (Å²) < 4.78 is 0. The monoisotopic (exact) mass is 182 g/mol. The van der Waals surface area contributed by atoms with Crippen LogP contribution >= 0.6 is 0 Å². The Morgan fingerprint density at radius 1 is 1.31 bits per heavy atom. The highest BCUT2D eigenvalue weighted by molar-refractivity contribution is 4.90. The summed E-state index contributed by atoms with van der Waals surface area (Å²) in [7, 11) is 0. The fraction of sp³-hybridized carbons (Fsp3) is 0.846. The molecule has 1 unspecified atom stereocenters. The molecule has 13 heavy (non-hydrogen) atoms. The zero-order chi connectivity index (χ0) is 10.3. The molecule has 0 bridgehead atoms. The van der Waals surface area contributed by atoms with Crippen molar-refractivity contribution in [2.75, 3.05) is 0 Å². The van der Waals surface area contributed by atoms with E-state index in [9.17, 15) is 0 Å². The van der Waals surface area contributed by atoms with Crippen LogP contribution in [0.5, 0.6) is 0 Å². The third-order valence-corrected chi connectivity index (χ3v) is 2.93. The van der Waals surface area contributed by atoms with Crippen LogP contribution in [0.3, 0.4) is 0 Å². The number of rotatable bonds is 7. The maximum absolute atomic E-state index is 3.99. The molecule has 0 aliphatic heterocycles. The fourth-order valence-electron chi connectivity index (χ4n) is 2.07. The summed E-state index contributed by atoms with van der Waals surface area (Å²) in [5.41, 5.74) is 1.34. The van der Waals surface area contributed by atoms with E-state index < -0.39 is 0 Å². The van der Waals surface area contributed by atoms with E-state index >= 15 is 0 Å². The SMILES string of the molecule is C=C(C)C[C@@H](C)C(CC)CCCC. The van der Waals surface area contributed by atoms with Gasteiger partial charge in [-0.05, 0) is 25.2 Å². The van der Waals surface area contributed by atoms with Crippen molar-refractivity contribution < 1.29 is 0 Å². The van der Waals surface area contributed by atoms with Gasteiger partial charge in [0.2, 0.25) is 0 Å². The van der Waals surface area contributed by atoms with Gasteiger partial charge in [-0.3, -0.25) is 0 Å². The van der Waals surface area contributed by atoms with E-state index in [1.54, 1.807) is 0 Å². The molecule has 0 fully saturated rings. The van der Waals surface area contributed by atoms with Crippen LogP contribution in [0.4, 0.5) is 0 Å². The molecule has 0 heterocycles. The summed E-state index contributed by atoms with van der Waals surface area (Å²) in [5.74, 6) is 1.74. The third-order valence-electron chi connectivity index (χ3n) is 2.93. The zero-order valence-corrected chi connectivity index (χ0v) is 9.90. The van der Waals surface area contributed by atoms with Crippen LogP contribution in [0, 0.1) is 11.8 Å². The Kier molecular flexibility index (Phi) is 7.03. The van der Waals surface area contributed by atoms with Crippen LogP contribution in [0.2, 0.25) is 0 Å². The summed E-state index contributed by atoms with van der Waals surface area (Å²) in [5, 5.41) is 0. The van der Waals surface area contributed by atoms with Gasteiger partial charge in [0.25, 0.3) is 0 Å². The maximum Gasteiger partial charge on any atom is -0.0297 e. The Balaban J connectivity index is 3.83. The number of allylic oxidation sites excluding steroid dienone is 1. The minimum atomic E-state index is 0.828. The van der Waals surface area contributed by atoms with E-state index in [0.29, 0.717) is 0 Å². The van der Waals surface area contributed by atoms with E-state index in [1.165, 1.54) is 37.7 Å². The van der Waals surface area contributed by atoms with Gasteiger partial charge in [0.15, 0.2) is 0 Å². The molecule has 0 aromatic rings. The molecule has 0 aromatic carbocycles. The van der Waals surface area contributed by atoms with Crippen molar-refractivity contribution in [1.82, 2.24) is 0 Å². The minimum absolute atomic E-state index is 0.828. The van der Waals surface area contributed by atoms with E-state index in [4.69, 9.17) is 0 Å². The quantitative estimate of drug-likeness (QED) is 0.496. The molecule has 0 nitrogen and oxygen atoms in total. The largest absolute Gasteiger partial charge is 0.100 e. The van der Waals surface area contributed by atoms with Crippen molar-refractivity contribution in [2.45, 2.75) is 59.8 Å². The molecule has 0 amide bonds. The Bertz CT molecular complexity index is 135. The van der Waals surface area contributed by atoms with Crippen LogP contribution in [-0.4, -0.2) is 0 Å². The van der Waals surface area contributed by atoms with Crippen molar-refractivity contribution in [1.29, 1.82) is 0 Å². The minimum Gasteiger partial charge on any atom is -0.100 e. The second kappa shape index (κ2) is 7.17. The summed E-state index contributed by atoms with van der Waals surface area (Å²) in [4.78, 5) is 0. The average molecular weight is 182 g/mol. The summed E-state index contributed by atoms with van der Waals surface area (Å²) in [6, 6.07) is 0. The summed E-state index contributed by atoms with van der Waals surface area (Å²) in [6.45, 7) is 13.1. The van der Waals surface area contributed by atoms with E-state index in [-0.39, 0.29) is 0 Å². The molecule has 0 radical (unpaired) electrons. The molecule has 0 saturated heterocycles. The maximum atomic E-state index is 3.99. The number of hydrogen-bond donors (Lipinski definition) is 0. The molecule has 0 rings (SSSR count). The molecule has 0 heteroatoms. The van der Waals surface area contributed by atoms with Gasteiger partial charge in [-0.15, -0.1) is 6.58 Å². The first-order chi connectivity index (χ1) is 6.11. The van der Waals surface area contributed by atoms with Gasteiger partial charge in [-0.25, -0.2) is 0 Å². The standard InChI is InChI=1S/C13H26/c1-6-8-9-13(7-2)12(5)10-11(3)4/h12-13H,3,6-10H2,1-2,4-5H3/t12-,13?/m1/s1. The fourth-order valence-corrected chi connectivity index (χ4v) is 2.07. The predicted octanol–water partition coefficient (Wildman–Crippen LogP) is 4.81. The normalized spacial score (nSPS) is 15.4. The van der Waals surface area contributed by atoms with Crippen molar-refractivity contribution in [2.24, 2.45) is 11.8 Å². The molecule has 0 spiro atoms. The van der Waals surface area contributed by atoms with Crippen LogP contribution < -0.4 is 0 Å². The molecular formula is C13H26. The molecule has 78 valence electrons. The molecular weight excluding hydrogens is 156 g/mol. The molecule has 2 atom stereocenters. The van der Waals surface area contributed by atoms with E-state index in [0.717, 1.165) is 11.8 Å². The smallest absolute Gasteiger partial charge is 0.0297 e. The Hall–Kier alpha value is -0.260. The van der Waals surface area contributed by atoms with E-state index in [2.05, 4.69) is 34.3 Å². The first kappa shape index (κ1) is 12.7. The summed E-state index contributed by atoms with van der Waals surface area (Å²) in [6.07, 6.45) is 6.66. The lowest BCUT2D eigenvalue weighted by Crippen LogP contribution is -2.11.